The number of rotatable bonds is 6. The number of amides is 1. The van der Waals surface area contributed by atoms with Gasteiger partial charge in [0.2, 0.25) is 0 Å². The lowest BCUT2D eigenvalue weighted by Gasteiger charge is -2.16. The Hall–Kier alpha value is -3.05. The van der Waals surface area contributed by atoms with Crippen LogP contribution in [0.4, 0.5) is 14.5 Å². The van der Waals surface area contributed by atoms with E-state index in [1.807, 2.05) is 50.2 Å². The quantitative estimate of drug-likeness (QED) is 0.603. The van der Waals surface area contributed by atoms with E-state index in [9.17, 15) is 13.6 Å². The molecule has 0 bridgehead atoms. The van der Waals surface area contributed by atoms with Crippen LogP contribution in [0.15, 0.2) is 66.7 Å². The van der Waals surface area contributed by atoms with E-state index in [1.165, 1.54) is 12.1 Å². The molecule has 0 aliphatic carbocycles. The van der Waals surface area contributed by atoms with E-state index in [1.54, 1.807) is 12.1 Å². The highest BCUT2D eigenvalue weighted by Crippen LogP contribution is 2.19. The molecule has 3 aromatic carbocycles. The highest BCUT2D eigenvalue weighted by Gasteiger charge is 2.12. The number of hydrogen-bond acceptors (Lipinski definition) is 2. The number of carbonyl (C=O) groups excluding carboxylic acids is 1. The molecule has 0 saturated carbocycles. The van der Waals surface area contributed by atoms with Gasteiger partial charge < -0.3 is 10.6 Å². The van der Waals surface area contributed by atoms with E-state index < -0.39 is 11.6 Å². The van der Waals surface area contributed by atoms with Crippen molar-refractivity contribution in [2.75, 3.05) is 5.32 Å². The van der Waals surface area contributed by atoms with Gasteiger partial charge in [0, 0.05) is 35.5 Å². The van der Waals surface area contributed by atoms with Crippen LogP contribution in [-0.2, 0) is 6.54 Å². The first-order valence-electron chi connectivity index (χ1n) is 9.07. The van der Waals surface area contributed by atoms with Crippen molar-refractivity contribution in [1.29, 1.82) is 0 Å². The molecular formula is C23H22F2N2O. The lowest BCUT2D eigenvalue weighted by Crippen LogP contribution is -2.19. The molecule has 0 spiro atoms. The van der Waals surface area contributed by atoms with Gasteiger partial charge in [-0.15, -0.1) is 0 Å². The zero-order valence-corrected chi connectivity index (χ0v) is 15.8. The Labute approximate surface area is 163 Å². The fourth-order valence-electron chi connectivity index (χ4n) is 2.90. The monoisotopic (exact) mass is 380 g/mol. The molecule has 1 unspecified atom stereocenters. The number of nitrogens with one attached hydrogen (secondary N) is 2. The minimum atomic E-state index is -0.592. The van der Waals surface area contributed by atoms with Crippen molar-refractivity contribution >= 4 is 11.6 Å². The minimum Gasteiger partial charge on any atom is -0.322 e. The van der Waals surface area contributed by atoms with Crippen LogP contribution in [0.1, 0.15) is 40.0 Å². The van der Waals surface area contributed by atoms with Gasteiger partial charge in [-0.05, 0) is 49.7 Å². The van der Waals surface area contributed by atoms with Crippen molar-refractivity contribution in [1.82, 2.24) is 5.32 Å². The maximum Gasteiger partial charge on any atom is 0.255 e. The molecule has 3 rings (SSSR count). The maximum absolute atomic E-state index is 13.9. The first-order valence-corrected chi connectivity index (χ1v) is 9.07. The summed E-state index contributed by atoms with van der Waals surface area (Å²) in [5.41, 5.74) is 3.72. The summed E-state index contributed by atoms with van der Waals surface area (Å²) in [6.07, 6.45) is 0. The Balaban J connectivity index is 1.63. The van der Waals surface area contributed by atoms with E-state index in [0.29, 0.717) is 23.4 Å². The summed E-state index contributed by atoms with van der Waals surface area (Å²) < 4.78 is 27.0. The molecule has 1 amide bonds. The summed E-state index contributed by atoms with van der Waals surface area (Å²) in [6.45, 7) is 4.27. The lowest BCUT2D eigenvalue weighted by atomic mass is 10.1. The van der Waals surface area contributed by atoms with Crippen LogP contribution < -0.4 is 10.6 Å². The number of hydrogen-bond donors (Lipinski definition) is 2. The van der Waals surface area contributed by atoms with Gasteiger partial charge >= 0.3 is 0 Å². The number of benzene rings is 3. The van der Waals surface area contributed by atoms with E-state index >= 15 is 0 Å². The number of anilines is 1. The Bertz CT molecular complexity index is 971. The van der Waals surface area contributed by atoms with Crippen LogP contribution in [-0.4, -0.2) is 5.91 Å². The topological polar surface area (TPSA) is 41.1 Å². The van der Waals surface area contributed by atoms with Crippen LogP contribution in [0.25, 0.3) is 0 Å². The Morgan fingerprint density at radius 1 is 1.00 bits per heavy atom. The lowest BCUT2D eigenvalue weighted by molar-refractivity contribution is 0.102. The summed E-state index contributed by atoms with van der Waals surface area (Å²) >= 11 is 0. The minimum absolute atomic E-state index is 0.174. The molecule has 28 heavy (non-hydrogen) atoms. The van der Waals surface area contributed by atoms with E-state index in [-0.39, 0.29) is 11.9 Å². The highest BCUT2D eigenvalue weighted by molar-refractivity contribution is 6.04. The van der Waals surface area contributed by atoms with Crippen molar-refractivity contribution < 1.29 is 13.6 Å². The second-order valence-electron chi connectivity index (χ2n) is 6.79. The predicted octanol–water partition coefficient (Wildman–Crippen LogP) is 5.38. The Morgan fingerprint density at radius 3 is 2.46 bits per heavy atom. The van der Waals surface area contributed by atoms with Gasteiger partial charge in [0.05, 0.1) is 0 Å². The summed E-state index contributed by atoms with van der Waals surface area (Å²) in [4.78, 5) is 12.4. The Kier molecular flexibility index (Phi) is 6.16. The van der Waals surface area contributed by atoms with Crippen LogP contribution in [0.5, 0.6) is 0 Å². The molecule has 0 saturated heterocycles. The van der Waals surface area contributed by atoms with Gasteiger partial charge in [-0.3, -0.25) is 4.79 Å². The fourth-order valence-corrected chi connectivity index (χ4v) is 2.90. The number of aryl methyl sites for hydroxylation is 1. The van der Waals surface area contributed by atoms with Gasteiger partial charge in [-0.25, -0.2) is 8.78 Å². The van der Waals surface area contributed by atoms with Gasteiger partial charge in [0.15, 0.2) is 0 Å². The molecular weight excluding hydrogens is 358 g/mol. The van der Waals surface area contributed by atoms with Gasteiger partial charge in [-0.2, -0.15) is 0 Å². The van der Waals surface area contributed by atoms with Crippen molar-refractivity contribution in [2.45, 2.75) is 26.4 Å². The van der Waals surface area contributed by atoms with E-state index in [0.717, 1.165) is 17.2 Å². The second-order valence-corrected chi connectivity index (χ2v) is 6.79. The van der Waals surface area contributed by atoms with Crippen molar-refractivity contribution in [3.05, 3.63) is 101 Å². The zero-order valence-electron chi connectivity index (χ0n) is 15.8. The third-order valence-corrected chi connectivity index (χ3v) is 4.54. The molecule has 0 aromatic heterocycles. The maximum atomic E-state index is 13.9. The summed E-state index contributed by atoms with van der Waals surface area (Å²) in [5, 5.41) is 6.10. The van der Waals surface area contributed by atoms with Crippen LogP contribution >= 0.6 is 0 Å². The van der Waals surface area contributed by atoms with E-state index in [2.05, 4.69) is 10.6 Å². The average molecular weight is 380 g/mol. The Morgan fingerprint density at radius 2 is 1.75 bits per heavy atom. The summed E-state index contributed by atoms with van der Waals surface area (Å²) in [6, 6.07) is 18.1. The normalized spacial score (nSPS) is 11.9. The largest absolute Gasteiger partial charge is 0.322 e. The van der Waals surface area contributed by atoms with Gasteiger partial charge in [0.1, 0.15) is 11.6 Å². The van der Waals surface area contributed by atoms with Gasteiger partial charge in [-0.1, -0.05) is 35.9 Å². The smallest absolute Gasteiger partial charge is 0.255 e. The van der Waals surface area contributed by atoms with Crippen LogP contribution in [0, 0.1) is 18.6 Å². The molecule has 3 aromatic rings. The first-order chi connectivity index (χ1) is 13.4. The molecule has 144 valence electrons. The van der Waals surface area contributed by atoms with Crippen molar-refractivity contribution in [3.8, 4) is 0 Å². The molecule has 0 aliphatic rings. The average Bonchev–Trinajstić information content (AvgIpc) is 2.67. The standard InChI is InChI=1S/C23H22F2N2O/c1-15-6-8-18(9-7-15)23(28)27-20-5-3-4-17(12-20)14-26-16(2)21-11-10-19(24)13-22(21)25/h3-13,16,26H,14H2,1-2H3,(H,27,28). The molecule has 2 N–H and O–H groups in total. The summed E-state index contributed by atoms with van der Waals surface area (Å²) in [7, 11) is 0. The molecule has 0 aliphatic heterocycles. The van der Waals surface area contributed by atoms with Gasteiger partial charge in [0.25, 0.3) is 5.91 Å². The fraction of sp³-hybridized carbons (Fsp3) is 0.174. The molecule has 0 fully saturated rings. The summed E-state index contributed by atoms with van der Waals surface area (Å²) in [5.74, 6) is -1.34. The third kappa shape index (κ3) is 5.02. The first kappa shape index (κ1) is 19.7. The third-order valence-electron chi connectivity index (χ3n) is 4.54. The van der Waals surface area contributed by atoms with Crippen LogP contribution in [0.3, 0.4) is 0 Å². The SMILES string of the molecule is Cc1ccc(C(=O)Nc2cccc(CNC(C)c3ccc(F)cc3F)c2)cc1. The van der Waals surface area contributed by atoms with E-state index in [4.69, 9.17) is 0 Å². The van der Waals surface area contributed by atoms with Crippen LogP contribution in [0.2, 0.25) is 0 Å². The number of halogens is 2. The molecule has 3 nitrogen and oxygen atoms in total. The predicted molar refractivity (Wildman–Crippen MR) is 107 cm³/mol. The molecule has 0 radical (unpaired) electrons. The molecule has 1 atom stereocenters. The highest BCUT2D eigenvalue weighted by atomic mass is 19.1. The second kappa shape index (κ2) is 8.76. The van der Waals surface area contributed by atoms with Crippen molar-refractivity contribution in [2.24, 2.45) is 0 Å². The molecule has 5 heteroatoms. The molecule has 0 heterocycles. The zero-order chi connectivity index (χ0) is 20.1. The number of carbonyl (C=O) groups is 1. The van der Waals surface area contributed by atoms with Crippen molar-refractivity contribution in [3.63, 3.8) is 0 Å².